The number of halogens is 1. The van der Waals surface area contributed by atoms with Crippen molar-refractivity contribution in [2.24, 2.45) is 0 Å². The average molecular weight is 493 g/mol. The lowest BCUT2D eigenvalue weighted by Gasteiger charge is -2.18. The molecule has 0 aliphatic rings. The Kier molecular flexibility index (Phi) is 7.40. The summed E-state index contributed by atoms with van der Waals surface area (Å²) < 4.78 is 30.6. The van der Waals surface area contributed by atoms with Gasteiger partial charge in [0, 0.05) is 18.2 Å². The maximum atomic E-state index is 13.7. The van der Waals surface area contributed by atoms with Crippen molar-refractivity contribution >= 4 is 34.3 Å². The quantitative estimate of drug-likeness (QED) is 0.314. The number of nitrogens with one attached hydrogen (secondary N) is 2. The number of ether oxygens (including phenoxy) is 2. The predicted octanol–water partition coefficient (Wildman–Crippen LogP) is 4.24. The SMILES string of the molecule is C=CC(=O)Nc1cc(Nc2ncc3noc(-c4cccc(F)c4)c3n2)c(OC)cc1OCCN(C)C. The lowest BCUT2D eigenvalue weighted by Crippen LogP contribution is -2.20. The van der Waals surface area contributed by atoms with Crippen molar-refractivity contribution in [3.63, 3.8) is 0 Å². The molecule has 0 radical (unpaired) electrons. The van der Waals surface area contributed by atoms with Gasteiger partial charge in [0.1, 0.15) is 29.4 Å². The number of rotatable bonds is 10. The van der Waals surface area contributed by atoms with Crippen LogP contribution in [0.25, 0.3) is 22.4 Å². The molecule has 2 N–H and O–H groups in total. The zero-order valence-electron chi connectivity index (χ0n) is 20.0. The lowest BCUT2D eigenvalue weighted by atomic mass is 10.1. The van der Waals surface area contributed by atoms with E-state index in [0.717, 1.165) is 6.08 Å². The number of carbonyl (C=O) groups is 1. The second-order valence-corrected chi connectivity index (χ2v) is 7.97. The lowest BCUT2D eigenvalue weighted by molar-refractivity contribution is -0.111. The molecule has 0 bridgehead atoms. The fourth-order valence-corrected chi connectivity index (χ4v) is 3.31. The van der Waals surface area contributed by atoms with E-state index in [0.29, 0.717) is 58.4 Å². The number of hydrogen-bond donors (Lipinski definition) is 2. The number of carbonyl (C=O) groups excluding carboxylic acids is 1. The minimum Gasteiger partial charge on any atom is -0.494 e. The van der Waals surface area contributed by atoms with E-state index in [1.165, 1.54) is 25.4 Å². The molecule has 0 atom stereocenters. The van der Waals surface area contributed by atoms with Crippen molar-refractivity contribution < 1.29 is 23.2 Å². The summed E-state index contributed by atoms with van der Waals surface area (Å²) >= 11 is 0. The van der Waals surface area contributed by atoms with Gasteiger partial charge in [-0.05, 0) is 38.4 Å². The van der Waals surface area contributed by atoms with Gasteiger partial charge in [-0.25, -0.2) is 14.4 Å². The molecule has 2 aromatic carbocycles. The number of aromatic nitrogens is 3. The number of benzene rings is 2. The van der Waals surface area contributed by atoms with Gasteiger partial charge in [-0.2, -0.15) is 0 Å². The molecule has 0 aliphatic carbocycles. The minimum absolute atomic E-state index is 0.212. The molecule has 0 fully saturated rings. The molecular weight excluding hydrogens is 467 g/mol. The highest BCUT2D eigenvalue weighted by atomic mass is 19.1. The summed E-state index contributed by atoms with van der Waals surface area (Å²) in [5, 5.41) is 9.81. The van der Waals surface area contributed by atoms with Gasteiger partial charge in [0.05, 0.1) is 24.7 Å². The third-order valence-electron chi connectivity index (χ3n) is 5.09. The molecule has 1 amide bonds. The molecule has 2 aromatic heterocycles. The summed E-state index contributed by atoms with van der Waals surface area (Å²) in [4.78, 5) is 22.8. The van der Waals surface area contributed by atoms with Crippen LogP contribution in [-0.2, 0) is 4.79 Å². The Morgan fingerprint density at radius 1 is 1.22 bits per heavy atom. The molecule has 0 unspecified atom stereocenters. The van der Waals surface area contributed by atoms with Crippen LogP contribution in [-0.4, -0.2) is 60.3 Å². The van der Waals surface area contributed by atoms with Gasteiger partial charge in [-0.3, -0.25) is 4.79 Å². The zero-order valence-corrected chi connectivity index (χ0v) is 20.0. The first kappa shape index (κ1) is 24.6. The van der Waals surface area contributed by atoms with Crippen LogP contribution in [0.3, 0.4) is 0 Å². The average Bonchev–Trinajstić information content (AvgIpc) is 3.28. The first-order chi connectivity index (χ1) is 17.4. The molecule has 11 heteroatoms. The van der Waals surface area contributed by atoms with E-state index in [2.05, 4.69) is 32.3 Å². The molecular formula is C25H25FN6O4. The molecule has 4 aromatic rings. The number of nitrogens with zero attached hydrogens (tertiary/aromatic N) is 4. The third-order valence-corrected chi connectivity index (χ3v) is 5.09. The van der Waals surface area contributed by atoms with Crippen LogP contribution in [0, 0.1) is 5.82 Å². The van der Waals surface area contributed by atoms with Crippen molar-refractivity contribution in [2.45, 2.75) is 0 Å². The molecule has 0 saturated heterocycles. The Labute approximate surface area is 206 Å². The highest BCUT2D eigenvalue weighted by molar-refractivity contribution is 6.00. The van der Waals surface area contributed by atoms with E-state index < -0.39 is 11.7 Å². The molecule has 10 nitrogen and oxygen atoms in total. The fraction of sp³-hybridized carbons (Fsp3) is 0.200. The zero-order chi connectivity index (χ0) is 25.7. The monoisotopic (exact) mass is 492 g/mol. The van der Waals surface area contributed by atoms with Crippen LogP contribution in [0.4, 0.5) is 21.7 Å². The number of anilines is 3. The molecule has 2 heterocycles. The maximum Gasteiger partial charge on any atom is 0.247 e. The van der Waals surface area contributed by atoms with E-state index in [4.69, 9.17) is 14.0 Å². The number of fused-ring (bicyclic) bond motifs is 1. The Morgan fingerprint density at radius 3 is 2.78 bits per heavy atom. The summed E-state index contributed by atoms with van der Waals surface area (Å²) in [6.07, 6.45) is 2.65. The van der Waals surface area contributed by atoms with E-state index in [1.807, 2.05) is 19.0 Å². The summed E-state index contributed by atoms with van der Waals surface area (Å²) in [7, 11) is 5.38. The van der Waals surface area contributed by atoms with Crippen LogP contribution in [0.2, 0.25) is 0 Å². The van der Waals surface area contributed by atoms with Gasteiger partial charge in [-0.1, -0.05) is 23.9 Å². The summed E-state index contributed by atoms with van der Waals surface area (Å²) in [5.41, 5.74) is 2.19. The van der Waals surface area contributed by atoms with Gasteiger partial charge in [0.2, 0.25) is 11.9 Å². The Balaban J connectivity index is 1.69. The van der Waals surface area contributed by atoms with Gasteiger partial charge < -0.3 is 29.5 Å². The Bertz CT molecular complexity index is 1400. The molecule has 36 heavy (non-hydrogen) atoms. The van der Waals surface area contributed by atoms with Gasteiger partial charge in [0.15, 0.2) is 11.3 Å². The fourth-order valence-electron chi connectivity index (χ4n) is 3.31. The van der Waals surface area contributed by atoms with Gasteiger partial charge in [0.25, 0.3) is 0 Å². The summed E-state index contributed by atoms with van der Waals surface area (Å²) in [6.45, 7) is 4.58. The van der Waals surface area contributed by atoms with E-state index in [9.17, 15) is 9.18 Å². The van der Waals surface area contributed by atoms with Gasteiger partial charge in [-0.15, -0.1) is 0 Å². The maximum absolute atomic E-state index is 13.7. The second kappa shape index (κ2) is 10.8. The van der Waals surface area contributed by atoms with Crippen LogP contribution in [0.15, 0.2) is 59.8 Å². The van der Waals surface area contributed by atoms with Crippen molar-refractivity contribution in [3.05, 3.63) is 61.1 Å². The number of hydrogen-bond acceptors (Lipinski definition) is 9. The molecule has 0 spiro atoms. The summed E-state index contributed by atoms with van der Waals surface area (Å²) in [5.74, 6) is 0.583. The van der Waals surface area contributed by atoms with E-state index in [1.54, 1.807) is 24.3 Å². The molecule has 4 rings (SSSR count). The number of methoxy groups -OCH3 is 1. The molecule has 0 aliphatic heterocycles. The van der Waals surface area contributed by atoms with Crippen molar-refractivity contribution in [1.29, 1.82) is 0 Å². The standard InChI is InChI=1S/C25H25FN6O4/c1-5-22(33)28-18-12-17(20(34-4)13-21(18)35-10-9-32(2)3)29-25-27-14-19-23(30-25)24(36-31-19)15-7-6-8-16(26)11-15/h5-8,11-14H,1,9-10H2,2-4H3,(H,28,33)(H,29,30). The van der Waals surface area contributed by atoms with Crippen molar-refractivity contribution in [1.82, 2.24) is 20.0 Å². The predicted molar refractivity (Wildman–Crippen MR) is 134 cm³/mol. The first-order valence-corrected chi connectivity index (χ1v) is 11.0. The molecule has 186 valence electrons. The Morgan fingerprint density at radius 2 is 2.06 bits per heavy atom. The number of amides is 1. The first-order valence-electron chi connectivity index (χ1n) is 11.0. The van der Waals surface area contributed by atoms with E-state index >= 15 is 0 Å². The van der Waals surface area contributed by atoms with E-state index in [-0.39, 0.29) is 5.95 Å². The van der Waals surface area contributed by atoms with Crippen LogP contribution >= 0.6 is 0 Å². The van der Waals surface area contributed by atoms with Crippen molar-refractivity contribution in [3.8, 4) is 22.8 Å². The van der Waals surface area contributed by atoms with Crippen LogP contribution in [0.1, 0.15) is 0 Å². The normalized spacial score (nSPS) is 10.9. The topological polar surface area (TPSA) is 115 Å². The highest BCUT2D eigenvalue weighted by Crippen LogP contribution is 2.38. The van der Waals surface area contributed by atoms with Crippen LogP contribution in [0.5, 0.6) is 11.5 Å². The van der Waals surface area contributed by atoms with Gasteiger partial charge >= 0.3 is 0 Å². The molecule has 0 saturated carbocycles. The Hall–Kier alpha value is -4.51. The van der Waals surface area contributed by atoms with Crippen LogP contribution < -0.4 is 20.1 Å². The largest absolute Gasteiger partial charge is 0.494 e. The number of likely N-dealkylation sites (N-methyl/N-ethyl adjacent to an activating group) is 1. The summed E-state index contributed by atoms with van der Waals surface area (Å²) in [6, 6.07) is 9.26. The third kappa shape index (κ3) is 5.58. The second-order valence-electron chi connectivity index (χ2n) is 7.97. The minimum atomic E-state index is -0.406. The van der Waals surface area contributed by atoms with Crippen molar-refractivity contribution in [2.75, 3.05) is 45.0 Å². The highest BCUT2D eigenvalue weighted by Gasteiger charge is 2.17. The smallest absolute Gasteiger partial charge is 0.247 e.